The van der Waals surface area contributed by atoms with E-state index in [9.17, 15) is 9.59 Å². The number of nitrogens with one attached hydrogen (secondary N) is 1. The summed E-state index contributed by atoms with van der Waals surface area (Å²) in [5, 5.41) is 2.98. The first-order valence-corrected chi connectivity index (χ1v) is 6.81. The molecule has 0 saturated carbocycles. The minimum absolute atomic E-state index is 0.0314. The largest absolute Gasteiger partial charge is 0.375 e. The lowest BCUT2D eigenvalue weighted by atomic mass is 9.77. The van der Waals surface area contributed by atoms with Gasteiger partial charge >= 0.3 is 0 Å². The summed E-state index contributed by atoms with van der Waals surface area (Å²) < 4.78 is 4.88. The van der Waals surface area contributed by atoms with Gasteiger partial charge in [-0.05, 0) is 24.5 Å². The first-order valence-electron chi connectivity index (χ1n) is 6.81. The Morgan fingerprint density at radius 3 is 3.05 bits per heavy atom. The summed E-state index contributed by atoms with van der Waals surface area (Å²) >= 11 is 0. The number of benzene rings is 1. The van der Waals surface area contributed by atoms with Gasteiger partial charge in [0.15, 0.2) is 0 Å². The molecule has 0 aromatic heterocycles. The number of anilines is 1. The van der Waals surface area contributed by atoms with Crippen LogP contribution in [0, 0.1) is 5.41 Å². The van der Waals surface area contributed by atoms with Crippen LogP contribution in [0.15, 0.2) is 24.3 Å². The highest BCUT2D eigenvalue weighted by Gasteiger charge is 2.48. The topological polar surface area (TPSA) is 58.6 Å². The van der Waals surface area contributed by atoms with Gasteiger partial charge in [-0.15, -0.1) is 0 Å². The number of carbonyl (C=O) groups is 2. The Morgan fingerprint density at radius 1 is 1.45 bits per heavy atom. The van der Waals surface area contributed by atoms with E-state index >= 15 is 0 Å². The molecule has 2 heterocycles. The van der Waals surface area contributed by atoms with Crippen LogP contribution in [0.2, 0.25) is 0 Å². The Labute approximate surface area is 117 Å². The summed E-state index contributed by atoms with van der Waals surface area (Å²) in [5.41, 5.74) is 1.57. The molecule has 1 atom stereocenters. The molecule has 1 N–H and O–H groups in total. The second kappa shape index (κ2) is 4.90. The Morgan fingerprint density at radius 2 is 2.25 bits per heavy atom. The normalized spacial score (nSPS) is 24.6. The molecule has 20 heavy (non-hydrogen) atoms. The molecule has 0 aliphatic carbocycles. The fraction of sp³-hybridized carbons (Fsp3) is 0.467. The number of carbonyl (C=O) groups excluding carboxylic acids is 2. The summed E-state index contributed by atoms with van der Waals surface area (Å²) in [6.45, 7) is 1.18. The summed E-state index contributed by atoms with van der Waals surface area (Å²) in [6, 6.07) is 7.85. The van der Waals surface area contributed by atoms with E-state index in [1.807, 2.05) is 24.3 Å². The number of hydrogen-bond donors (Lipinski definition) is 1. The fourth-order valence-electron chi connectivity index (χ4n) is 3.13. The van der Waals surface area contributed by atoms with Gasteiger partial charge in [-0.1, -0.05) is 18.2 Å². The molecule has 1 fully saturated rings. The van der Waals surface area contributed by atoms with Crippen LogP contribution < -0.4 is 5.32 Å². The molecule has 5 nitrogen and oxygen atoms in total. The van der Waals surface area contributed by atoms with E-state index in [4.69, 9.17) is 4.74 Å². The van der Waals surface area contributed by atoms with E-state index in [1.165, 1.54) is 7.11 Å². The van der Waals surface area contributed by atoms with Crippen LogP contribution in [0.5, 0.6) is 0 Å². The molecule has 0 radical (unpaired) electrons. The number of hydrogen-bond acceptors (Lipinski definition) is 3. The van der Waals surface area contributed by atoms with Crippen LogP contribution in [0.25, 0.3) is 0 Å². The molecule has 2 amide bonds. The zero-order chi connectivity index (χ0) is 14.2. The van der Waals surface area contributed by atoms with Gasteiger partial charge in [0, 0.05) is 25.9 Å². The third-order valence-electron chi connectivity index (χ3n) is 4.25. The Kier molecular flexibility index (Phi) is 3.22. The second-order valence-corrected chi connectivity index (χ2v) is 5.57. The SMILES string of the molecule is COCC(=O)N1CC[C@]2(Cc3ccccc3NC2=O)C1. The molecule has 106 valence electrons. The molecule has 3 rings (SSSR count). The molecule has 1 aromatic carbocycles. The number of ether oxygens (including phenoxy) is 1. The van der Waals surface area contributed by atoms with E-state index in [-0.39, 0.29) is 18.4 Å². The highest BCUT2D eigenvalue weighted by Crippen LogP contribution is 2.40. The smallest absolute Gasteiger partial charge is 0.248 e. The quantitative estimate of drug-likeness (QED) is 0.877. The first kappa shape index (κ1) is 13.1. The average Bonchev–Trinajstić information content (AvgIpc) is 2.86. The molecule has 1 spiro atoms. The lowest BCUT2D eigenvalue weighted by molar-refractivity contribution is -0.135. The van der Waals surface area contributed by atoms with Crippen LogP contribution in [0.4, 0.5) is 5.69 Å². The monoisotopic (exact) mass is 274 g/mol. The van der Waals surface area contributed by atoms with Gasteiger partial charge in [-0.25, -0.2) is 0 Å². The van der Waals surface area contributed by atoms with Crippen molar-refractivity contribution in [2.24, 2.45) is 5.41 Å². The predicted octanol–water partition coefficient (Wildman–Crippen LogP) is 1.05. The third-order valence-corrected chi connectivity index (χ3v) is 4.25. The molecular weight excluding hydrogens is 256 g/mol. The summed E-state index contributed by atoms with van der Waals surface area (Å²) in [5.74, 6) is -0.0139. The van der Waals surface area contributed by atoms with E-state index in [2.05, 4.69) is 5.32 Å². The number of methoxy groups -OCH3 is 1. The number of amides is 2. The third kappa shape index (κ3) is 2.08. The van der Waals surface area contributed by atoms with Crippen molar-refractivity contribution < 1.29 is 14.3 Å². The van der Waals surface area contributed by atoms with Gasteiger partial charge in [-0.2, -0.15) is 0 Å². The van der Waals surface area contributed by atoms with Crippen molar-refractivity contribution in [3.05, 3.63) is 29.8 Å². The maximum atomic E-state index is 12.4. The number of nitrogens with zero attached hydrogens (tertiary/aromatic N) is 1. The van der Waals surface area contributed by atoms with Crippen LogP contribution in [-0.2, 0) is 20.7 Å². The van der Waals surface area contributed by atoms with Crippen LogP contribution in [0.1, 0.15) is 12.0 Å². The summed E-state index contributed by atoms with van der Waals surface area (Å²) in [4.78, 5) is 26.1. The molecule has 0 unspecified atom stereocenters. The number of para-hydroxylation sites is 1. The minimum Gasteiger partial charge on any atom is -0.375 e. The molecule has 2 aliphatic rings. The van der Waals surface area contributed by atoms with Gasteiger partial charge in [0.05, 0.1) is 5.41 Å². The molecule has 1 saturated heterocycles. The van der Waals surface area contributed by atoms with Crippen LogP contribution in [-0.4, -0.2) is 43.5 Å². The van der Waals surface area contributed by atoms with Gasteiger partial charge < -0.3 is 15.0 Å². The van der Waals surface area contributed by atoms with Crippen molar-refractivity contribution in [3.8, 4) is 0 Å². The minimum atomic E-state index is -0.474. The lowest BCUT2D eigenvalue weighted by Gasteiger charge is -2.33. The molecule has 2 aliphatic heterocycles. The Bertz CT molecular complexity index is 558. The summed E-state index contributed by atoms with van der Waals surface area (Å²) in [6.07, 6.45) is 1.41. The highest BCUT2D eigenvalue weighted by atomic mass is 16.5. The van der Waals surface area contributed by atoms with E-state index in [1.54, 1.807) is 4.90 Å². The second-order valence-electron chi connectivity index (χ2n) is 5.57. The van der Waals surface area contributed by atoms with E-state index in [0.29, 0.717) is 25.9 Å². The summed E-state index contributed by atoms with van der Waals surface area (Å²) in [7, 11) is 1.51. The van der Waals surface area contributed by atoms with E-state index < -0.39 is 5.41 Å². The molecular formula is C15H18N2O3. The predicted molar refractivity (Wildman–Crippen MR) is 74.3 cm³/mol. The van der Waals surface area contributed by atoms with Crippen molar-refractivity contribution in [1.82, 2.24) is 4.90 Å². The van der Waals surface area contributed by atoms with Gasteiger partial charge in [-0.3, -0.25) is 9.59 Å². The van der Waals surface area contributed by atoms with Crippen LogP contribution >= 0.6 is 0 Å². The maximum Gasteiger partial charge on any atom is 0.248 e. The first-order chi connectivity index (χ1) is 9.64. The number of fused-ring (bicyclic) bond motifs is 1. The van der Waals surface area contributed by atoms with Crippen LogP contribution in [0.3, 0.4) is 0 Å². The fourth-order valence-corrected chi connectivity index (χ4v) is 3.13. The van der Waals surface area contributed by atoms with Crippen molar-refractivity contribution >= 4 is 17.5 Å². The standard InChI is InChI=1S/C15H18N2O3/c1-20-9-13(18)17-7-6-15(10-17)8-11-4-2-3-5-12(11)16-14(15)19/h2-5H,6-10H2,1H3,(H,16,19)/t15-/m0/s1. The van der Waals surface area contributed by atoms with Gasteiger partial charge in [0.25, 0.3) is 0 Å². The number of likely N-dealkylation sites (tertiary alicyclic amines) is 1. The zero-order valence-corrected chi connectivity index (χ0v) is 11.5. The van der Waals surface area contributed by atoms with Gasteiger partial charge in [0.2, 0.25) is 11.8 Å². The Balaban J connectivity index is 1.81. The number of rotatable bonds is 2. The van der Waals surface area contributed by atoms with Crippen molar-refractivity contribution in [2.75, 3.05) is 32.1 Å². The average molecular weight is 274 g/mol. The van der Waals surface area contributed by atoms with Gasteiger partial charge in [0.1, 0.15) is 6.61 Å². The van der Waals surface area contributed by atoms with Crippen molar-refractivity contribution in [1.29, 1.82) is 0 Å². The Hall–Kier alpha value is -1.88. The zero-order valence-electron chi connectivity index (χ0n) is 11.5. The van der Waals surface area contributed by atoms with Crippen molar-refractivity contribution in [2.45, 2.75) is 12.8 Å². The van der Waals surface area contributed by atoms with E-state index in [0.717, 1.165) is 11.3 Å². The lowest BCUT2D eigenvalue weighted by Crippen LogP contribution is -2.45. The molecule has 5 heteroatoms. The molecule has 1 aromatic rings. The molecule has 0 bridgehead atoms. The highest BCUT2D eigenvalue weighted by molar-refractivity contribution is 5.99. The van der Waals surface area contributed by atoms with Crippen molar-refractivity contribution in [3.63, 3.8) is 0 Å². The maximum absolute atomic E-state index is 12.4.